The Kier molecular flexibility index (Phi) is 1.78. The topological polar surface area (TPSA) is 47.6 Å². The Bertz CT molecular complexity index is 491. The van der Waals surface area contributed by atoms with Crippen molar-refractivity contribution in [2.75, 3.05) is 0 Å². The van der Waals surface area contributed by atoms with Crippen LogP contribution in [0.5, 0.6) is 5.75 Å². The van der Waals surface area contributed by atoms with Crippen LogP contribution in [0.15, 0.2) is 46.1 Å². The molecule has 0 radical (unpaired) electrons. The predicted molar refractivity (Wildman–Crippen MR) is 53.9 cm³/mol. The fourth-order valence-corrected chi connectivity index (χ4v) is 1.48. The van der Waals surface area contributed by atoms with Crippen LogP contribution in [0.3, 0.4) is 0 Å². The van der Waals surface area contributed by atoms with E-state index in [4.69, 9.17) is 9.26 Å². The van der Waals surface area contributed by atoms with Gasteiger partial charge in [-0.05, 0) is 12.1 Å². The van der Waals surface area contributed by atoms with E-state index in [0.29, 0.717) is 5.69 Å². The molecule has 2 aromatic rings. The Morgan fingerprint density at radius 1 is 1.13 bits per heavy atom. The summed E-state index contributed by atoms with van der Waals surface area (Å²) in [5.74, 6) is 0.820. The molecule has 0 bridgehead atoms. The van der Waals surface area contributed by atoms with Crippen molar-refractivity contribution in [3.05, 3.63) is 47.9 Å². The molecule has 4 heteroatoms. The summed E-state index contributed by atoms with van der Waals surface area (Å²) in [6, 6.07) is 9.49. The first-order valence-corrected chi connectivity index (χ1v) is 4.62. The Balaban J connectivity index is 1.96. The van der Waals surface area contributed by atoms with E-state index in [9.17, 15) is 0 Å². The monoisotopic (exact) mass is 200 g/mol. The number of rotatable bonds is 1. The lowest BCUT2D eigenvalue weighted by Gasteiger charge is -2.18. The van der Waals surface area contributed by atoms with E-state index in [2.05, 4.69) is 10.1 Å². The van der Waals surface area contributed by atoms with Crippen molar-refractivity contribution in [1.29, 1.82) is 0 Å². The summed E-state index contributed by atoms with van der Waals surface area (Å²) in [6.45, 7) is 0. The van der Waals surface area contributed by atoms with Gasteiger partial charge in [0, 0.05) is 17.8 Å². The molecule has 0 aliphatic carbocycles. The zero-order valence-electron chi connectivity index (χ0n) is 7.83. The summed E-state index contributed by atoms with van der Waals surface area (Å²) in [5.41, 5.74) is 1.66. The highest BCUT2D eigenvalue weighted by atomic mass is 16.5. The van der Waals surface area contributed by atoms with Crippen molar-refractivity contribution in [2.24, 2.45) is 4.99 Å². The van der Waals surface area contributed by atoms with Gasteiger partial charge in [-0.15, -0.1) is 0 Å². The standard InChI is InChI=1S/C11H8N2O2/c1-2-4-10-8(3-1)7-12-11(15-10)9-5-6-14-13-9/h1-7,11H. The third kappa shape index (κ3) is 1.40. The van der Waals surface area contributed by atoms with Crippen LogP contribution in [0.4, 0.5) is 0 Å². The average Bonchev–Trinajstić information content (AvgIpc) is 2.82. The van der Waals surface area contributed by atoms with Crippen molar-refractivity contribution < 1.29 is 9.26 Å². The SMILES string of the molecule is C1=NC(c2ccon2)Oc2ccccc21. The molecule has 0 spiro atoms. The molecule has 4 nitrogen and oxygen atoms in total. The Labute approximate surface area is 86.2 Å². The quantitative estimate of drug-likeness (QED) is 0.708. The molecule has 1 atom stereocenters. The molecule has 2 heterocycles. The maximum Gasteiger partial charge on any atom is 0.235 e. The highest BCUT2D eigenvalue weighted by Crippen LogP contribution is 2.28. The van der Waals surface area contributed by atoms with Gasteiger partial charge in [-0.2, -0.15) is 0 Å². The second kappa shape index (κ2) is 3.24. The molecule has 1 aliphatic rings. The Hall–Kier alpha value is -2.10. The van der Waals surface area contributed by atoms with E-state index in [1.807, 2.05) is 24.3 Å². The largest absolute Gasteiger partial charge is 0.462 e. The van der Waals surface area contributed by atoms with E-state index in [1.54, 1.807) is 12.3 Å². The lowest BCUT2D eigenvalue weighted by Crippen LogP contribution is -2.11. The molecule has 1 aromatic heterocycles. The number of aliphatic imine (C=N–C) groups is 1. The van der Waals surface area contributed by atoms with Crippen LogP contribution in [-0.4, -0.2) is 11.4 Å². The third-order valence-corrected chi connectivity index (χ3v) is 2.22. The molecule has 0 saturated carbocycles. The van der Waals surface area contributed by atoms with Crippen LogP contribution >= 0.6 is 0 Å². The smallest absolute Gasteiger partial charge is 0.235 e. The summed E-state index contributed by atoms with van der Waals surface area (Å²) in [5, 5.41) is 3.80. The first-order valence-electron chi connectivity index (χ1n) is 4.62. The maximum atomic E-state index is 5.66. The molecule has 1 aromatic carbocycles. The molecule has 1 unspecified atom stereocenters. The maximum absolute atomic E-state index is 5.66. The van der Waals surface area contributed by atoms with Crippen LogP contribution in [0.25, 0.3) is 0 Å². The lowest BCUT2D eigenvalue weighted by atomic mass is 10.2. The number of hydrogen-bond donors (Lipinski definition) is 0. The number of hydrogen-bond acceptors (Lipinski definition) is 4. The van der Waals surface area contributed by atoms with E-state index in [-0.39, 0.29) is 0 Å². The highest BCUT2D eigenvalue weighted by molar-refractivity contribution is 5.84. The summed E-state index contributed by atoms with van der Waals surface area (Å²) < 4.78 is 10.4. The van der Waals surface area contributed by atoms with Gasteiger partial charge >= 0.3 is 0 Å². The van der Waals surface area contributed by atoms with Gasteiger partial charge in [0.2, 0.25) is 6.23 Å². The Morgan fingerprint density at radius 3 is 2.93 bits per heavy atom. The molecule has 74 valence electrons. The van der Waals surface area contributed by atoms with Gasteiger partial charge in [0.25, 0.3) is 0 Å². The number of aromatic nitrogens is 1. The van der Waals surface area contributed by atoms with E-state index in [1.165, 1.54) is 6.26 Å². The fraction of sp³-hybridized carbons (Fsp3) is 0.0909. The van der Waals surface area contributed by atoms with Gasteiger partial charge in [0.15, 0.2) is 0 Å². The minimum Gasteiger partial charge on any atom is -0.462 e. The average molecular weight is 200 g/mol. The normalized spacial score (nSPS) is 18.3. The molecule has 1 aliphatic heterocycles. The first kappa shape index (κ1) is 8.23. The summed E-state index contributed by atoms with van der Waals surface area (Å²) >= 11 is 0. The van der Waals surface area contributed by atoms with Gasteiger partial charge < -0.3 is 9.26 Å². The minimum absolute atomic E-state index is 0.390. The predicted octanol–water partition coefficient (Wildman–Crippen LogP) is 2.18. The molecular weight excluding hydrogens is 192 g/mol. The van der Waals surface area contributed by atoms with Crippen molar-refractivity contribution in [1.82, 2.24) is 5.16 Å². The second-order valence-electron chi connectivity index (χ2n) is 3.21. The van der Waals surface area contributed by atoms with Crippen LogP contribution in [0.2, 0.25) is 0 Å². The van der Waals surface area contributed by atoms with Crippen LogP contribution in [0.1, 0.15) is 17.5 Å². The van der Waals surface area contributed by atoms with E-state index >= 15 is 0 Å². The molecular formula is C11H8N2O2. The summed E-state index contributed by atoms with van der Waals surface area (Å²) in [6.07, 6.45) is 2.91. The first-order chi connectivity index (χ1) is 7.43. The van der Waals surface area contributed by atoms with E-state index < -0.39 is 6.23 Å². The zero-order valence-corrected chi connectivity index (χ0v) is 7.83. The number of fused-ring (bicyclic) bond motifs is 1. The number of para-hydroxylation sites is 1. The van der Waals surface area contributed by atoms with Crippen molar-refractivity contribution in [3.63, 3.8) is 0 Å². The van der Waals surface area contributed by atoms with Crippen molar-refractivity contribution >= 4 is 6.21 Å². The number of ether oxygens (including phenoxy) is 1. The molecule has 3 rings (SSSR count). The van der Waals surface area contributed by atoms with Crippen molar-refractivity contribution in [3.8, 4) is 5.75 Å². The third-order valence-electron chi connectivity index (χ3n) is 2.22. The summed E-state index contributed by atoms with van der Waals surface area (Å²) in [7, 11) is 0. The van der Waals surface area contributed by atoms with Gasteiger partial charge in [0.1, 0.15) is 17.7 Å². The van der Waals surface area contributed by atoms with Crippen LogP contribution in [-0.2, 0) is 0 Å². The Morgan fingerprint density at radius 2 is 2.07 bits per heavy atom. The molecule has 0 saturated heterocycles. The highest BCUT2D eigenvalue weighted by Gasteiger charge is 2.19. The van der Waals surface area contributed by atoms with Crippen LogP contribution < -0.4 is 4.74 Å². The zero-order chi connectivity index (χ0) is 10.1. The molecule has 0 N–H and O–H groups in total. The fourth-order valence-electron chi connectivity index (χ4n) is 1.48. The molecule has 0 amide bonds. The minimum atomic E-state index is -0.390. The van der Waals surface area contributed by atoms with Gasteiger partial charge in [0.05, 0.1) is 0 Å². The van der Waals surface area contributed by atoms with Gasteiger partial charge in [-0.25, -0.2) is 4.99 Å². The van der Waals surface area contributed by atoms with Gasteiger partial charge in [-0.3, -0.25) is 0 Å². The van der Waals surface area contributed by atoms with Crippen molar-refractivity contribution in [2.45, 2.75) is 6.23 Å². The second-order valence-corrected chi connectivity index (χ2v) is 3.21. The van der Waals surface area contributed by atoms with E-state index in [0.717, 1.165) is 11.3 Å². The van der Waals surface area contributed by atoms with Crippen LogP contribution in [0, 0.1) is 0 Å². The number of benzene rings is 1. The van der Waals surface area contributed by atoms with Gasteiger partial charge in [-0.1, -0.05) is 17.3 Å². The molecule has 15 heavy (non-hydrogen) atoms. The lowest BCUT2D eigenvalue weighted by molar-refractivity contribution is 0.200. The summed E-state index contributed by atoms with van der Waals surface area (Å²) in [4.78, 5) is 4.24. The number of nitrogens with zero attached hydrogens (tertiary/aromatic N) is 2. The molecule has 0 fully saturated rings.